The lowest BCUT2D eigenvalue weighted by Crippen LogP contribution is -2.16. The molecule has 0 bridgehead atoms. The fraction of sp³-hybridized carbons (Fsp3) is 0.182. The Morgan fingerprint density at radius 2 is 1.97 bits per heavy atom. The zero-order chi connectivity index (χ0) is 20.2. The number of anilines is 1. The number of benzene rings is 2. The predicted octanol–water partition coefficient (Wildman–Crippen LogP) is 5.68. The summed E-state index contributed by atoms with van der Waals surface area (Å²) in [4.78, 5) is 15.7. The molecule has 148 valence electrons. The Morgan fingerprint density at radius 3 is 2.83 bits per heavy atom. The van der Waals surface area contributed by atoms with Crippen molar-refractivity contribution in [1.29, 1.82) is 0 Å². The van der Waals surface area contributed by atoms with Crippen molar-refractivity contribution in [3.63, 3.8) is 0 Å². The smallest absolute Gasteiger partial charge is 0.225 e. The van der Waals surface area contributed by atoms with Gasteiger partial charge in [0.25, 0.3) is 0 Å². The fourth-order valence-electron chi connectivity index (χ4n) is 3.36. The second-order valence-electron chi connectivity index (χ2n) is 6.87. The Labute approximate surface area is 178 Å². The van der Waals surface area contributed by atoms with E-state index >= 15 is 0 Å². The third kappa shape index (κ3) is 4.63. The normalized spacial score (nSPS) is 11.1. The quantitative estimate of drug-likeness (QED) is 0.399. The molecule has 5 nitrogen and oxygen atoms in total. The van der Waals surface area contributed by atoms with Crippen LogP contribution in [0.2, 0.25) is 10.0 Å². The summed E-state index contributed by atoms with van der Waals surface area (Å²) >= 11 is 12.2. The predicted molar refractivity (Wildman–Crippen MR) is 118 cm³/mol. The maximum Gasteiger partial charge on any atom is 0.225 e. The minimum atomic E-state index is -0.0335. The second-order valence-corrected chi connectivity index (χ2v) is 7.71. The van der Waals surface area contributed by atoms with Crippen LogP contribution in [0.3, 0.4) is 0 Å². The standard InChI is InChI=1S/C22H20Cl2N4O/c23-17-9-8-16(19(24)12-17)14-28-21(10-11-26-28)27-22(29)7-3-4-15-13-25-20-6-2-1-5-18(15)20/h1-2,5-6,8-13,25H,3-4,7,14H2,(H,27,29). The molecule has 7 heteroatoms. The van der Waals surface area contributed by atoms with E-state index in [-0.39, 0.29) is 5.91 Å². The first-order valence-corrected chi connectivity index (χ1v) is 10.2. The molecule has 0 aliphatic rings. The van der Waals surface area contributed by atoms with Gasteiger partial charge in [-0.3, -0.25) is 4.79 Å². The van der Waals surface area contributed by atoms with Gasteiger partial charge in [0.05, 0.1) is 12.7 Å². The molecule has 2 N–H and O–H groups in total. The lowest BCUT2D eigenvalue weighted by Gasteiger charge is -2.10. The number of halogens is 2. The lowest BCUT2D eigenvalue weighted by atomic mass is 10.1. The molecule has 2 aromatic carbocycles. The highest BCUT2D eigenvalue weighted by molar-refractivity contribution is 6.35. The maximum absolute atomic E-state index is 12.4. The third-order valence-electron chi connectivity index (χ3n) is 4.84. The number of hydrogen-bond donors (Lipinski definition) is 2. The monoisotopic (exact) mass is 426 g/mol. The number of amides is 1. The number of hydrogen-bond acceptors (Lipinski definition) is 2. The average Bonchev–Trinajstić information content (AvgIpc) is 3.31. The van der Waals surface area contributed by atoms with Crippen molar-refractivity contribution in [3.8, 4) is 0 Å². The molecule has 0 unspecified atom stereocenters. The van der Waals surface area contributed by atoms with Gasteiger partial charge >= 0.3 is 0 Å². The van der Waals surface area contributed by atoms with E-state index in [0.29, 0.717) is 28.8 Å². The molecule has 0 atom stereocenters. The summed E-state index contributed by atoms with van der Waals surface area (Å²) in [6.07, 6.45) is 5.73. The molecule has 2 aromatic heterocycles. The lowest BCUT2D eigenvalue weighted by molar-refractivity contribution is -0.116. The number of nitrogens with zero attached hydrogens (tertiary/aromatic N) is 2. The SMILES string of the molecule is O=C(CCCc1c[nH]c2ccccc12)Nc1ccnn1Cc1ccc(Cl)cc1Cl. The van der Waals surface area contributed by atoms with E-state index in [2.05, 4.69) is 27.5 Å². The Hall–Kier alpha value is -2.76. The second kappa shape index (κ2) is 8.72. The van der Waals surface area contributed by atoms with Gasteiger partial charge in [-0.25, -0.2) is 4.68 Å². The van der Waals surface area contributed by atoms with Crippen LogP contribution in [-0.4, -0.2) is 20.7 Å². The summed E-state index contributed by atoms with van der Waals surface area (Å²) in [6.45, 7) is 0.452. The zero-order valence-corrected chi connectivity index (χ0v) is 17.2. The average molecular weight is 427 g/mol. The summed E-state index contributed by atoms with van der Waals surface area (Å²) < 4.78 is 1.71. The Bertz CT molecular complexity index is 1150. The van der Waals surface area contributed by atoms with Crippen molar-refractivity contribution in [3.05, 3.63) is 82.1 Å². The Kier molecular flexibility index (Phi) is 5.88. The van der Waals surface area contributed by atoms with E-state index in [1.165, 1.54) is 10.9 Å². The molecule has 4 rings (SSSR count). The molecule has 0 aliphatic carbocycles. The molecule has 1 amide bonds. The Balaban J connectivity index is 1.34. The minimum absolute atomic E-state index is 0.0335. The molecule has 2 heterocycles. The van der Waals surface area contributed by atoms with Crippen molar-refractivity contribution < 1.29 is 4.79 Å². The van der Waals surface area contributed by atoms with Crippen LogP contribution in [-0.2, 0) is 17.8 Å². The molecular weight excluding hydrogens is 407 g/mol. The molecule has 0 saturated heterocycles. The summed E-state index contributed by atoms with van der Waals surface area (Å²) in [5, 5.41) is 9.61. The van der Waals surface area contributed by atoms with E-state index in [1.807, 2.05) is 24.4 Å². The van der Waals surface area contributed by atoms with Crippen molar-refractivity contribution in [1.82, 2.24) is 14.8 Å². The van der Waals surface area contributed by atoms with Crippen molar-refractivity contribution in [2.45, 2.75) is 25.8 Å². The third-order valence-corrected chi connectivity index (χ3v) is 5.43. The van der Waals surface area contributed by atoms with E-state index in [1.54, 1.807) is 29.1 Å². The number of fused-ring (bicyclic) bond motifs is 1. The van der Waals surface area contributed by atoms with Crippen LogP contribution in [0.15, 0.2) is 60.9 Å². The molecule has 0 radical (unpaired) electrons. The van der Waals surface area contributed by atoms with Gasteiger partial charge in [-0.05, 0) is 42.2 Å². The summed E-state index contributed by atoms with van der Waals surface area (Å²) in [6, 6.07) is 15.3. The highest BCUT2D eigenvalue weighted by Gasteiger charge is 2.10. The highest BCUT2D eigenvalue weighted by Crippen LogP contribution is 2.23. The van der Waals surface area contributed by atoms with Gasteiger partial charge < -0.3 is 10.3 Å². The highest BCUT2D eigenvalue weighted by atomic mass is 35.5. The number of aromatic amines is 1. The van der Waals surface area contributed by atoms with Gasteiger partial charge in [-0.15, -0.1) is 0 Å². The number of aromatic nitrogens is 3. The number of para-hydroxylation sites is 1. The first kappa shape index (κ1) is 19.6. The van der Waals surface area contributed by atoms with Gasteiger partial charge in [0.2, 0.25) is 5.91 Å². The van der Waals surface area contributed by atoms with Crippen LogP contribution in [0.25, 0.3) is 10.9 Å². The summed E-state index contributed by atoms with van der Waals surface area (Å²) in [5.41, 5.74) is 3.24. The maximum atomic E-state index is 12.4. The topological polar surface area (TPSA) is 62.7 Å². The molecule has 0 fully saturated rings. The molecule has 0 aliphatic heterocycles. The minimum Gasteiger partial charge on any atom is -0.361 e. The largest absolute Gasteiger partial charge is 0.361 e. The van der Waals surface area contributed by atoms with Crippen LogP contribution in [0, 0.1) is 0 Å². The molecule has 0 spiro atoms. The number of aryl methyl sites for hydroxylation is 1. The van der Waals surface area contributed by atoms with Gasteiger partial charge in [0.15, 0.2) is 0 Å². The molecular formula is C22H20Cl2N4O. The van der Waals surface area contributed by atoms with Gasteiger partial charge in [0, 0.05) is 39.6 Å². The van der Waals surface area contributed by atoms with E-state index < -0.39 is 0 Å². The number of carbonyl (C=O) groups is 1. The summed E-state index contributed by atoms with van der Waals surface area (Å²) in [7, 11) is 0. The molecule has 29 heavy (non-hydrogen) atoms. The van der Waals surface area contributed by atoms with Crippen molar-refractivity contribution in [2.75, 3.05) is 5.32 Å². The number of nitrogens with one attached hydrogen (secondary N) is 2. The Morgan fingerprint density at radius 1 is 1.10 bits per heavy atom. The van der Waals surface area contributed by atoms with Crippen molar-refractivity contribution in [2.24, 2.45) is 0 Å². The van der Waals surface area contributed by atoms with Crippen LogP contribution >= 0.6 is 23.2 Å². The zero-order valence-electron chi connectivity index (χ0n) is 15.7. The van der Waals surface area contributed by atoms with E-state index in [9.17, 15) is 4.79 Å². The number of H-pyrrole nitrogens is 1. The van der Waals surface area contributed by atoms with Crippen LogP contribution in [0.5, 0.6) is 0 Å². The van der Waals surface area contributed by atoms with Crippen LogP contribution in [0.4, 0.5) is 5.82 Å². The first-order valence-electron chi connectivity index (χ1n) is 9.41. The van der Waals surface area contributed by atoms with Gasteiger partial charge in [-0.2, -0.15) is 5.10 Å². The van der Waals surface area contributed by atoms with E-state index in [0.717, 1.165) is 23.9 Å². The van der Waals surface area contributed by atoms with Gasteiger partial charge in [-0.1, -0.05) is 47.5 Å². The molecule has 4 aromatic rings. The van der Waals surface area contributed by atoms with Gasteiger partial charge in [0.1, 0.15) is 5.82 Å². The van der Waals surface area contributed by atoms with E-state index in [4.69, 9.17) is 23.2 Å². The number of rotatable bonds is 7. The fourth-order valence-corrected chi connectivity index (χ4v) is 3.83. The summed E-state index contributed by atoms with van der Waals surface area (Å²) in [5.74, 6) is 0.613. The first-order chi connectivity index (χ1) is 14.1. The van der Waals surface area contributed by atoms with Crippen LogP contribution in [0.1, 0.15) is 24.0 Å². The van der Waals surface area contributed by atoms with Crippen LogP contribution < -0.4 is 5.32 Å². The van der Waals surface area contributed by atoms with Crippen molar-refractivity contribution >= 4 is 45.8 Å². The molecule has 0 saturated carbocycles. The number of carbonyl (C=O) groups excluding carboxylic acids is 1.